The second-order valence-corrected chi connectivity index (χ2v) is 6.27. The SMILES string of the molecule is F[C@H]1CNC[C@H]1Nc1ncc(-c2ccc(C(F)(F)F)cn2)c2ncccc12. The van der Waals surface area contributed by atoms with Crippen LogP contribution in [0.15, 0.2) is 42.9 Å². The highest BCUT2D eigenvalue weighted by Crippen LogP contribution is 2.32. The van der Waals surface area contributed by atoms with E-state index in [-0.39, 0.29) is 6.54 Å². The minimum absolute atomic E-state index is 0.279. The van der Waals surface area contributed by atoms with Gasteiger partial charge in [0.05, 0.1) is 22.8 Å². The summed E-state index contributed by atoms with van der Waals surface area (Å²) < 4.78 is 52.1. The van der Waals surface area contributed by atoms with Crippen molar-refractivity contribution < 1.29 is 17.6 Å². The lowest BCUT2D eigenvalue weighted by atomic mass is 10.1. The zero-order chi connectivity index (χ0) is 19.0. The molecule has 0 amide bonds. The summed E-state index contributed by atoms with van der Waals surface area (Å²) in [6.07, 6.45) is -1.63. The molecule has 3 aromatic heterocycles. The molecule has 5 nitrogen and oxygen atoms in total. The van der Waals surface area contributed by atoms with Gasteiger partial charge in [-0.3, -0.25) is 9.97 Å². The van der Waals surface area contributed by atoms with Crippen molar-refractivity contribution in [2.75, 3.05) is 18.4 Å². The Bertz CT molecular complexity index is 958. The number of hydrogen-bond donors (Lipinski definition) is 2. The maximum absolute atomic E-state index is 13.9. The third kappa shape index (κ3) is 3.42. The number of aromatic nitrogens is 3. The summed E-state index contributed by atoms with van der Waals surface area (Å²) in [6, 6.07) is 5.36. The smallest absolute Gasteiger partial charge is 0.363 e. The highest BCUT2D eigenvalue weighted by Gasteiger charge is 2.31. The highest BCUT2D eigenvalue weighted by atomic mass is 19.4. The van der Waals surface area contributed by atoms with E-state index in [0.717, 1.165) is 12.3 Å². The van der Waals surface area contributed by atoms with E-state index in [0.29, 0.717) is 34.5 Å². The molecule has 3 aromatic rings. The number of fused-ring (bicyclic) bond motifs is 1. The van der Waals surface area contributed by atoms with Crippen molar-refractivity contribution in [3.05, 3.63) is 48.4 Å². The Hall–Kier alpha value is -2.81. The van der Waals surface area contributed by atoms with Crippen LogP contribution >= 0.6 is 0 Å². The van der Waals surface area contributed by atoms with Gasteiger partial charge >= 0.3 is 6.18 Å². The Kier molecular flexibility index (Phi) is 4.39. The minimum atomic E-state index is -4.45. The topological polar surface area (TPSA) is 62.7 Å². The Morgan fingerprint density at radius 2 is 1.89 bits per heavy atom. The lowest BCUT2D eigenvalue weighted by molar-refractivity contribution is -0.137. The minimum Gasteiger partial charge on any atom is -0.363 e. The second kappa shape index (κ2) is 6.73. The summed E-state index contributed by atoms with van der Waals surface area (Å²) in [4.78, 5) is 12.6. The Morgan fingerprint density at radius 3 is 2.56 bits per heavy atom. The van der Waals surface area contributed by atoms with Crippen LogP contribution in [0.2, 0.25) is 0 Å². The van der Waals surface area contributed by atoms with Crippen LogP contribution in [0.1, 0.15) is 5.56 Å². The Labute approximate surface area is 151 Å². The van der Waals surface area contributed by atoms with Gasteiger partial charge in [-0.15, -0.1) is 0 Å². The quantitative estimate of drug-likeness (QED) is 0.685. The predicted octanol–water partition coefficient (Wildman–Crippen LogP) is 3.43. The van der Waals surface area contributed by atoms with Crippen molar-refractivity contribution in [1.82, 2.24) is 20.3 Å². The van der Waals surface area contributed by atoms with Crippen molar-refractivity contribution in [3.63, 3.8) is 0 Å². The predicted molar refractivity (Wildman–Crippen MR) is 92.9 cm³/mol. The molecule has 0 spiro atoms. The van der Waals surface area contributed by atoms with Gasteiger partial charge in [-0.1, -0.05) is 0 Å². The molecule has 1 fully saturated rings. The molecule has 27 heavy (non-hydrogen) atoms. The average molecular weight is 377 g/mol. The summed E-state index contributed by atoms with van der Waals surface area (Å²) in [7, 11) is 0. The van der Waals surface area contributed by atoms with Crippen molar-refractivity contribution in [2.24, 2.45) is 0 Å². The number of nitrogens with one attached hydrogen (secondary N) is 2. The lowest BCUT2D eigenvalue weighted by Crippen LogP contribution is -2.29. The van der Waals surface area contributed by atoms with Crippen molar-refractivity contribution in [3.8, 4) is 11.3 Å². The number of hydrogen-bond acceptors (Lipinski definition) is 5. The molecule has 9 heteroatoms. The van der Waals surface area contributed by atoms with Crippen molar-refractivity contribution in [2.45, 2.75) is 18.4 Å². The largest absolute Gasteiger partial charge is 0.417 e. The third-order valence-corrected chi connectivity index (χ3v) is 4.47. The van der Waals surface area contributed by atoms with Crippen LogP contribution in [0.3, 0.4) is 0 Å². The summed E-state index contributed by atoms with van der Waals surface area (Å²) in [6.45, 7) is 0.758. The van der Waals surface area contributed by atoms with E-state index < -0.39 is 24.0 Å². The second-order valence-electron chi connectivity index (χ2n) is 6.27. The number of nitrogens with zero attached hydrogens (tertiary/aromatic N) is 3. The van der Waals surface area contributed by atoms with Crippen LogP contribution in [-0.2, 0) is 6.18 Å². The van der Waals surface area contributed by atoms with Gasteiger partial charge in [0.1, 0.15) is 12.0 Å². The van der Waals surface area contributed by atoms with Gasteiger partial charge in [0.25, 0.3) is 0 Å². The molecule has 4 rings (SSSR count). The molecule has 4 heterocycles. The lowest BCUT2D eigenvalue weighted by Gasteiger charge is -2.17. The fourth-order valence-electron chi connectivity index (χ4n) is 3.06. The zero-order valence-corrected chi connectivity index (χ0v) is 14.0. The molecule has 1 saturated heterocycles. The van der Waals surface area contributed by atoms with E-state index >= 15 is 0 Å². The van der Waals surface area contributed by atoms with Crippen LogP contribution < -0.4 is 10.6 Å². The Morgan fingerprint density at radius 1 is 1.04 bits per heavy atom. The molecule has 0 saturated carbocycles. The van der Waals surface area contributed by atoms with E-state index in [1.807, 2.05) is 0 Å². The van der Waals surface area contributed by atoms with Crippen LogP contribution in [0, 0.1) is 0 Å². The van der Waals surface area contributed by atoms with Gasteiger partial charge in [-0.05, 0) is 24.3 Å². The standard InChI is InChI=1S/C18H15F4N5/c19-13-8-23-9-15(13)27-17-11-2-1-5-24-16(11)12(7-26-17)14-4-3-10(6-25-14)18(20,21)22/h1-7,13,15,23H,8-9H2,(H,26,27)/t13-,15+/m0/s1. The first-order valence-electron chi connectivity index (χ1n) is 8.32. The summed E-state index contributed by atoms with van der Waals surface area (Å²) in [5.74, 6) is 0.477. The first kappa shape index (κ1) is 17.6. The molecule has 1 aliphatic rings. The van der Waals surface area contributed by atoms with Gasteiger partial charge in [-0.25, -0.2) is 9.37 Å². The normalized spacial score (nSPS) is 20.1. The number of alkyl halides is 4. The number of rotatable bonds is 3. The molecular weight excluding hydrogens is 362 g/mol. The van der Waals surface area contributed by atoms with Gasteiger partial charge in [0.15, 0.2) is 0 Å². The summed E-state index contributed by atoms with van der Waals surface area (Å²) >= 11 is 0. The molecular formula is C18H15F4N5. The van der Waals surface area contributed by atoms with E-state index in [4.69, 9.17) is 0 Å². The first-order chi connectivity index (χ1) is 12.9. The molecule has 0 unspecified atom stereocenters. The first-order valence-corrected chi connectivity index (χ1v) is 8.32. The molecule has 0 radical (unpaired) electrons. The summed E-state index contributed by atoms with van der Waals surface area (Å²) in [5.41, 5.74) is 0.545. The molecule has 1 aliphatic heterocycles. The van der Waals surface area contributed by atoms with Crippen LogP contribution in [0.4, 0.5) is 23.4 Å². The van der Waals surface area contributed by atoms with Gasteiger partial charge in [0.2, 0.25) is 0 Å². The molecule has 0 aliphatic carbocycles. The van der Waals surface area contributed by atoms with E-state index in [9.17, 15) is 17.6 Å². The van der Waals surface area contributed by atoms with Gasteiger partial charge in [0, 0.05) is 42.6 Å². The number of halogens is 4. The van der Waals surface area contributed by atoms with Gasteiger partial charge < -0.3 is 10.6 Å². The number of pyridine rings is 3. The zero-order valence-electron chi connectivity index (χ0n) is 14.0. The van der Waals surface area contributed by atoms with Crippen LogP contribution in [-0.4, -0.2) is 40.3 Å². The number of anilines is 1. The molecule has 140 valence electrons. The highest BCUT2D eigenvalue weighted by molar-refractivity contribution is 5.98. The van der Waals surface area contributed by atoms with E-state index in [2.05, 4.69) is 25.6 Å². The molecule has 0 bridgehead atoms. The third-order valence-electron chi connectivity index (χ3n) is 4.47. The fourth-order valence-corrected chi connectivity index (χ4v) is 3.06. The van der Waals surface area contributed by atoms with Crippen LogP contribution in [0.25, 0.3) is 22.2 Å². The molecule has 2 atom stereocenters. The maximum atomic E-state index is 13.9. The van der Waals surface area contributed by atoms with Crippen molar-refractivity contribution >= 4 is 16.7 Å². The van der Waals surface area contributed by atoms with Crippen LogP contribution in [0.5, 0.6) is 0 Å². The summed E-state index contributed by atoms with van der Waals surface area (Å²) in [5, 5.41) is 6.69. The monoisotopic (exact) mass is 377 g/mol. The average Bonchev–Trinajstić information content (AvgIpc) is 3.06. The van der Waals surface area contributed by atoms with E-state index in [1.165, 1.54) is 12.3 Å². The van der Waals surface area contributed by atoms with E-state index in [1.54, 1.807) is 18.3 Å². The Balaban J connectivity index is 1.73. The fraction of sp³-hybridized carbons (Fsp3) is 0.278. The molecule has 2 N–H and O–H groups in total. The maximum Gasteiger partial charge on any atom is 0.417 e. The molecule has 0 aromatic carbocycles. The van der Waals surface area contributed by atoms with Crippen molar-refractivity contribution in [1.29, 1.82) is 0 Å². The van der Waals surface area contributed by atoms with Gasteiger partial charge in [-0.2, -0.15) is 13.2 Å².